The second kappa shape index (κ2) is 5.12. The van der Waals surface area contributed by atoms with Gasteiger partial charge in [-0.3, -0.25) is 4.79 Å². The number of fused-ring (bicyclic) bond motifs is 1. The summed E-state index contributed by atoms with van der Waals surface area (Å²) in [6.45, 7) is 1.76. The van der Waals surface area contributed by atoms with Crippen LogP contribution in [0.15, 0.2) is 35.1 Å². The van der Waals surface area contributed by atoms with Gasteiger partial charge < -0.3 is 10.3 Å². The van der Waals surface area contributed by atoms with Gasteiger partial charge in [-0.25, -0.2) is 4.39 Å². The van der Waals surface area contributed by atoms with Crippen LogP contribution in [-0.4, -0.2) is 4.98 Å². The topological polar surface area (TPSA) is 44.9 Å². The Labute approximate surface area is 116 Å². The van der Waals surface area contributed by atoms with Gasteiger partial charge in [0.15, 0.2) is 0 Å². The van der Waals surface area contributed by atoms with Gasteiger partial charge in [0, 0.05) is 17.4 Å². The first-order valence-corrected chi connectivity index (χ1v) is 6.88. The molecule has 0 aliphatic heterocycles. The molecule has 1 atom stereocenters. The number of rotatable bonds is 2. The normalized spacial score (nSPS) is 17.6. The second-order valence-corrected chi connectivity index (χ2v) is 5.31. The molecule has 0 saturated heterocycles. The summed E-state index contributed by atoms with van der Waals surface area (Å²) in [4.78, 5) is 14.3. The number of benzene rings is 1. The number of aromatic amines is 1. The molecule has 0 radical (unpaired) electrons. The zero-order chi connectivity index (χ0) is 14.1. The highest BCUT2D eigenvalue weighted by atomic mass is 19.1. The average Bonchev–Trinajstić information content (AvgIpc) is 2.43. The summed E-state index contributed by atoms with van der Waals surface area (Å²) >= 11 is 0. The van der Waals surface area contributed by atoms with Crippen molar-refractivity contribution in [3.05, 3.63) is 63.3 Å². The second-order valence-electron chi connectivity index (χ2n) is 5.31. The van der Waals surface area contributed by atoms with Crippen LogP contribution >= 0.6 is 0 Å². The van der Waals surface area contributed by atoms with Gasteiger partial charge >= 0.3 is 0 Å². The van der Waals surface area contributed by atoms with Gasteiger partial charge in [-0.2, -0.15) is 0 Å². The fourth-order valence-electron chi connectivity index (χ4n) is 2.79. The minimum atomic E-state index is -0.191. The summed E-state index contributed by atoms with van der Waals surface area (Å²) in [5.74, 6) is -0.191. The Hall–Kier alpha value is -2.10. The SMILES string of the molecule is Cc1cc(NC2CCCc3[nH]c(=O)ccc32)ccc1F. The van der Waals surface area contributed by atoms with Crippen molar-refractivity contribution in [3.63, 3.8) is 0 Å². The molecule has 1 aromatic carbocycles. The van der Waals surface area contributed by atoms with E-state index in [4.69, 9.17) is 0 Å². The molecule has 0 fully saturated rings. The maximum atomic E-state index is 13.3. The summed E-state index contributed by atoms with van der Waals surface area (Å²) in [6, 6.07) is 8.67. The van der Waals surface area contributed by atoms with Crippen molar-refractivity contribution < 1.29 is 4.39 Å². The zero-order valence-corrected chi connectivity index (χ0v) is 11.4. The molecule has 2 N–H and O–H groups in total. The predicted molar refractivity (Wildman–Crippen MR) is 77.5 cm³/mol. The van der Waals surface area contributed by atoms with E-state index in [1.54, 1.807) is 19.1 Å². The monoisotopic (exact) mass is 272 g/mol. The molecule has 1 unspecified atom stereocenters. The third kappa shape index (κ3) is 2.46. The Morgan fingerprint density at radius 2 is 2.15 bits per heavy atom. The molecule has 1 heterocycles. The lowest BCUT2D eigenvalue weighted by molar-refractivity contribution is 0.586. The van der Waals surface area contributed by atoms with Crippen molar-refractivity contribution in [2.45, 2.75) is 32.2 Å². The largest absolute Gasteiger partial charge is 0.378 e. The van der Waals surface area contributed by atoms with Gasteiger partial charge in [0.1, 0.15) is 5.82 Å². The first-order chi connectivity index (χ1) is 9.63. The number of halogens is 1. The minimum Gasteiger partial charge on any atom is -0.378 e. The Morgan fingerprint density at radius 1 is 1.30 bits per heavy atom. The standard InChI is InChI=1S/C16H17FN2O/c1-10-9-11(5-7-13(10)17)18-14-3-2-4-15-12(14)6-8-16(20)19-15/h5-9,14,18H,2-4H2,1H3,(H,19,20). The van der Waals surface area contributed by atoms with Crippen molar-refractivity contribution in [1.29, 1.82) is 0 Å². The van der Waals surface area contributed by atoms with Crippen molar-refractivity contribution >= 4 is 5.69 Å². The highest BCUT2D eigenvalue weighted by Crippen LogP contribution is 2.31. The number of H-pyrrole nitrogens is 1. The molecule has 0 bridgehead atoms. The number of aryl methyl sites for hydroxylation is 2. The molecule has 2 aromatic rings. The van der Waals surface area contributed by atoms with Crippen molar-refractivity contribution in [2.75, 3.05) is 5.32 Å². The molecule has 3 nitrogen and oxygen atoms in total. The molecule has 3 rings (SSSR count). The van der Waals surface area contributed by atoms with Crippen LogP contribution in [0.4, 0.5) is 10.1 Å². The summed E-state index contributed by atoms with van der Waals surface area (Å²) in [5.41, 5.74) is 3.64. The number of pyridine rings is 1. The van der Waals surface area contributed by atoms with Gasteiger partial charge in [-0.15, -0.1) is 0 Å². The summed E-state index contributed by atoms with van der Waals surface area (Å²) in [7, 11) is 0. The number of hydrogen-bond acceptors (Lipinski definition) is 2. The van der Waals surface area contributed by atoms with Crippen LogP contribution in [0.5, 0.6) is 0 Å². The Morgan fingerprint density at radius 3 is 2.95 bits per heavy atom. The molecule has 104 valence electrons. The van der Waals surface area contributed by atoms with E-state index in [9.17, 15) is 9.18 Å². The van der Waals surface area contributed by atoms with Gasteiger partial charge in [0.05, 0.1) is 6.04 Å². The van der Waals surface area contributed by atoms with E-state index in [0.29, 0.717) is 5.56 Å². The summed E-state index contributed by atoms with van der Waals surface area (Å²) < 4.78 is 13.3. The fraction of sp³-hybridized carbons (Fsp3) is 0.312. The van der Waals surface area contributed by atoms with Crippen LogP contribution in [0.25, 0.3) is 0 Å². The molecule has 0 amide bonds. The average molecular weight is 272 g/mol. The van der Waals surface area contributed by atoms with E-state index in [1.807, 2.05) is 12.1 Å². The molecule has 0 saturated carbocycles. The van der Waals surface area contributed by atoms with Crippen molar-refractivity contribution in [2.24, 2.45) is 0 Å². The number of aromatic nitrogens is 1. The molecule has 4 heteroatoms. The van der Waals surface area contributed by atoms with E-state index in [2.05, 4.69) is 10.3 Å². The quantitative estimate of drug-likeness (QED) is 0.881. The third-order valence-electron chi connectivity index (χ3n) is 3.83. The van der Waals surface area contributed by atoms with Crippen LogP contribution in [0.2, 0.25) is 0 Å². The Kier molecular flexibility index (Phi) is 3.30. The van der Waals surface area contributed by atoms with Crippen molar-refractivity contribution in [3.8, 4) is 0 Å². The molecule has 0 spiro atoms. The van der Waals surface area contributed by atoms with Gasteiger partial charge in [0.25, 0.3) is 0 Å². The van der Waals surface area contributed by atoms with Crippen LogP contribution in [0.1, 0.15) is 35.7 Å². The van der Waals surface area contributed by atoms with Crippen molar-refractivity contribution in [1.82, 2.24) is 4.98 Å². The van der Waals surface area contributed by atoms with Gasteiger partial charge in [-0.05, 0) is 61.6 Å². The zero-order valence-electron chi connectivity index (χ0n) is 11.4. The molecule has 20 heavy (non-hydrogen) atoms. The van der Waals surface area contributed by atoms with E-state index in [-0.39, 0.29) is 17.4 Å². The predicted octanol–water partition coefficient (Wildman–Crippen LogP) is 3.31. The maximum Gasteiger partial charge on any atom is 0.248 e. The molecular weight excluding hydrogens is 255 g/mol. The lowest BCUT2D eigenvalue weighted by atomic mass is 9.91. The number of hydrogen-bond donors (Lipinski definition) is 2. The molecule has 1 aliphatic carbocycles. The maximum absolute atomic E-state index is 13.3. The highest BCUT2D eigenvalue weighted by molar-refractivity contribution is 5.48. The highest BCUT2D eigenvalue weighted by Gasteiger charge is 2.20. The van der Waals surface area contributed by atoms with Gasteiger partial charge in [0.2, 0.25) is 5.56 Å². The van der Waals surface area contributed by atoms with E-state index in [0.717, 1.165) is 36.2 Å². The Balaban J connectivity index is 1.89. The fourth-order valence-corrected chi connectivity index (χ4v) is 2.79. The smallest absolute Gasteiger partial charge is 0.248 e. The molecular formula is C16H17FN2O. The van der Waals surface area contributed by atoms with E-state index in [1.165, 1.54) is 6.07 Å². The summed E-state index contributed by atoms with van der Waals surface area (Å²) in [5, 5.41) is 3.44. The lowest BCUT2D eigenvalue weighted by Gasteiger charge is -2.27. The molecule has 1 aliphatic rings. The minimum absolute atomic E-state index is 0.0537. The third-order valence-corrected chi connectivity index (χ3v) is 3.83. The van der Waals surface area contributed by atoms with Crippen LogP contribution in [0, 0.1) is 12.7 Å². The Bertz CT molecular complexity index is 693. The first kappa shape index (κ1) is 12.9. The van der Waals surface area contributed by atoms with Crippen LogP contribution in [0.3, 0.4) is 0 Å². The van der Waals surface area contributed by atoms with Gasteiger partial charge in [-0.1, -0.05) is 0 Å². The first-order valence-electron chi connectivity index (χ1n) is 6.88. The number of nitrogens with one attached hydrogen (secondary N) is 2. The van der Waals surface area contributed by atoms with E-state index < -0.39 is 0 Å². The molecule has 1 aromatic heterocycles. The lowest BCUT2D eigenvalue weighted by Crippen LogP contribution is -2.21. The summed E-state index contributed by atoms with van der Waals surface area (Å²) in [6.07, 6.45) is 2.95. The van der Waals surface area contributed by atoms with Crippen LogP contribution in [-0.2, 0) is 6.42 Å². The number of anilines is 1. The van der Waals surface area contributed by atoms with Crippen LogP contribution < -0.4 is 10.9 Å². The van der Waals surface area contributed by atoms with E-state index >= 15 is 0 Å².